The zero-order chi connectivity index (χ0) is 22.2. The van der Waals surface area contributed by atoms with E-state index in [-0.39, 0.29) is 12.1 Å². The molecular weight excluding hydrogens is 410 g/mol. The molecule has 7 nitrogen and oxygen atoms in total. The molecule has 1 N–H and O–H groups in total. The molecule has 2 aliphatic carbocycles. The van der Waals surface area contributed by atoms with Crippen LogP contribution in [-0.2, 0) is 11.2 Å². The van der Waals surface area contributed by atoms with Crippen molar-refractivity contribution in [2.24, 2.45) is 0 Å². The Hall–Kier alpha value is -2.40. The Morgan fingerprint density at radius 3 is 2.71 bits per heavy atom. The number of anilines is 1. The molecular formula is C23H31N5O2S. The maximum atomic E-state index is 12.4. The molecule has 2 aromatic rings. The summed E-state index contributed by atoms with van der Waals surface area (Å²) in [6.07, 6.45) is 7.30. The summed E-state index contributed by atoms with van der Waals surface area (Å²) in [6.45, 7) is 13.5. The van der Waals surface area contributed by atoms with E-state index in [0.29, 0.717) is 18.5 Å². The van der Waals surface area contributed by atoms with Crippen molar-refractivity contribution in [1.82, 2.24) is 14.9 Å². The fourth-order valence-corrected chi connectivity index (χ4v) is 5.99. The number of hydrogen-bond acceptors (Lipinski definition) is 6. The second-order valence-electron chi connectivity index (χ2n) is 9.66. The largest absolute Gasteiger partial charge is 0.444 e. The fraction of sp³-hybridized carbons (Fsp3) is 0.652. The van der Waals surface area contributed by atoms with Crippen LogP contribution in [0.5, 0.6) is 0 Å². The van der Waals surface area contributed by atoms with Gasteiger partial charge in [-0.25, -0.2) is 21.3 Å². The van der Waals surface area contributed by atoms with Crippen molar-refractivity contribution >= 4 is 33.5 Å². The summed E-state index contributed by atoms with van der Waals surface area (Å²) >= 11 is 1.75. The Bertz CT molecular complexity index is 998. The van der Waals surface area contributed by atoms with Gasteiger partial charge in [-0.15, -0.1) is 11.3 Å². The first-order valence-electron chi connectivity index (χ1n) is 11.1. The Labute approximate surface area is 188 Å². The molecule has 1 saturated carbocycles. The van der Waals surface area contributed by atoms with E-state index >= 15 is 0 Å². The van der Waals surface area contributed by atoms with Gasteiger partial charge in [0.15, 0.2) is 0 Å². The summed E-state index contributed by atoms with van der Waals surface area (Å²) in [7, 11) is 1.84. The molecule has 1 atom stereocenters. The number of aryl methyl sites for hydroxylation is 1. The summed E-state index contributed by atoms with van der Waals surface area (Å²) in [6, 6.07) is 0.518. The van der Waals surface area contributed by atoms with Crippen molar-refractivity contribution in [3.63, 3.8) is 0 Å². The standard InChI is InChI=1S/C23H31N5O2S/c1-23(2,3)30-22(29)28(5)16-9-7-15(8-10-16)27-20-19-18-14(12-24-4)6-11-17(18)31-21(19)26-13-25-20/h13-16H,6-12H2,1-3,5H3,(H,25,26,27)/t14-,15?,16?/m1/s1. The van der Waals surface area contributed by atoms with Gasteiger partial charge in [-0.2, -0.15) is 0 Å². The molecule has 0 aliphatic heterocycles. The van der Waals surface area contributed by atoms with Crippen molar-refractivity contribution in [2.75, 3.05) is 18.9 Å². The lowest BCUT2D eigenvalue weighted by Crippen LogP contribution is -2.43. The summed E-state index contributed by atoms with van der Waals surface area (Å²) < 4.78 is 5.52. The third-order valence-corrected chi connectivity index (χ3v) is 7.48. The third-order valence-electron chi connectivity index (χ3n) is 6.31. The number of fused-ring (bicyclic) bond motifs is 3. The van der Waals surface area contributed by atoms with Gasteiger partial charge in [0, 0.05) is 24.0 Å². The van der Waals surface area contributed by atoms with E-state index in [1.54, 1.807) is 22.6 Å². The first-order chi connectivity index (χ1) is 14.8. The fourth-order valence-electron chi connectivity index (χ4n) is 4.75. The molecule has 2 aromatic heterocycles. The van der Waals surface area contributed by atoms with E-state index in [2.05, 4.69) is 20.1 Å². The number of aromatic nitrogens is 2. The molecule has 2 aliphatic rings. The predicted octanol–water partition coefficient (Wildman–Crippen LogP) is 5.23. The second kappa shape index (κ2) is 8.62. The molecule has 166 valence electrons. The number of carbonyl (C=O) groups is 1. The predicted molar refractivity (Wildman–Crippen MR) is 124 cm³/mol. The minimum atomic E-state index is -0.478. The summed E-state index contributed by atoms with van der Waals surface area (Å²) in [5, 5.41) is 4.80. The van der Waals surface area contributed by atoms with Crippen LogP contribution in [0.2, 0.25) is 0 Å². The van der Waals surface area contributed by atoms with Crippen LogP contribution < -0.4 is 5.32 Å². The number of ether oxygens (including phenoxy) is 1. The molecule has 4 rings (SSSR count). The number of hydrogen-bond donors (Lipinski definition) is 1. The molecule has 1 fully saturated rings. The molecule has 31 heavy (non-hydrogen) atoms. The molecule has 8 heteroatoms. The van der Waals surface area contributed by atoms with Gasteiger partial charge in [-0.3, -0.25) is 0 Å². The zero-order valence-electron chi connectivity index (χ0n) is 18.8. The molecule has 0 aromatic carbocycles. The Morgan fingerprint density at radius 2 is 2.03 bits per heavy atom. The van der Waals surface area contributed by atoms with Crippen LogP contribution >= 0.6 is 11.3 Å². The van der Waals surface area contributed by atoms with E-state index in [1.165, 1.54) is 10.4 Å². The minimum absolute atomic E-state index is 0.201. The number of thiophene rings is 1. The third kappa shape index (κ3) is 4.62. The maximum Gasteiger partial charge on any atom is 0.410 e. The van der Waals surface area contributed by atoms with E-state index in [4.69, 9.17) is 11.3 Å². The number of nitrogens with zero attached hydrogens (tertiary/aromatic N) is 4. The summed E-state index contributed by atoms with van der Waals surface area (Å²) in [5.74, 6) is 1.20. The molecule has 1 amide bonds. The number of rotatable bonds is 4. The molecule has 0 radical (unpaired) electrons. The highest BCUT2D eigenvalue weighted by Crippen LogP contribution is 2.45. The van der Waals surface area contributed by atoms with Crippen molar-refractivity contribution in [3.05, 3.63) is 28.2 Å². The molecule has 0 unspecified atom stereocenters. The van der Waals surface area contributed by atoms with E-state index in [9.17, 15) is 4.79 Å². The van der Waals surface area contributed by atoms with E-state index in [0.717, 1.165) is 54.6 Å². The number of amides is 1. The van der Waals surface area contributed by atoms with Gasteiger partial charge in [0.05, 0.1) is 11.3 Å². The van der Waals surface area contributed by atoms with Gasteiger partial charge in [-0.1, -0.05) is 0 Å². The first-order valence-corrected chi connectivity index (χ1v) is 11.9. The molecule has 0 spiro atoms. The summed E-state index contributed by atoms with van der Waals surface area (Å²) in [4.78, 5) is 29.3. The highest BCUT2D eigenvalue weighted by atomic mass is 32.1. The van der Waals surface area contributed by atoms with Crippen molar-refractivity contribution < 1.29 is 9.53 Å². The van der Waals surface area contributed by atoms with Gasteiger partial charge >= 0.3 is 6.09 Å². The average Bonchev–Trinajstić information content (AvgIpc) is 3.27. The van der Waals surface area contributed by atoms with Crippen molar-refractivity contribution in [2.45, 2.75) is 82.9 Å². The van der Waals surface area contributed by atoms with Crippen molar-refractivity contribution in [3.8, 4) is 0 Å². The highest BCUT2D eigenvalue weighted by molar-refractivity contribution is 7.19. The first kappa shape index (κ1) is 21.8. The van der Waals surface area contributed by atoms with Crippen LogP contribution in [0.4, 0.5) is 10.6 Å². The van der Waals surface area contributed by atoms with Gasteiger partial charge in [0.2, 0.25) is 6.54 Å². The molecule has 0 saturated heterocycles. The lowest BCUT2D eigenvalue weighted by atomic mass is 9.90. The number of nitrogens with one attached hydrogen (secondary N) is 1. The van der Waals surface area contributed by atoms with E-state index in [1.807, 2.05) is 27.8 Å². The Morgan fingerprint density at radius 1 is 1.29 bits per heavy atom. The number of carbonyl (C=O) groups excluding carboxylic acids is 1. The van der Waals surface area contributed by atoms with Crippen LogP contribution in [0.3, 0.4) is 0 Å². The second-order valence-corrected chi connectivity index (χ2v) is 10.7. The minimum Gasteiger partial charge on any atom is -0.444 e. The maximum absolute atomic E-state index is 12.4. The Kier molecular flexibility index (Phi) is 6.07. The Balaban J connectivity index is 1.44. The molecule has 2 heterocycles. The highest BCUT2D eigenvalue weighted by Gasteiger charge is 2.33. The topological polar surface area (TPSA) is 71.7 Å². The SMILES string of the molecule is [C-]#[N+]C[C@H]1CCc2sc3ncnc(NC4CCC(N(C)C(=O)OC(C)(C)C)CC4)c3c21. The summed E-state index contributed by atoms with van der Waals surface area (Å²) in [5.41, 5.74) is 0.825. The van der Waals surface area contributed by atoms with Gasteiger partial charge in [0.1, 0.15) is 22.6 Å². The van der Waals surface area contributed by atoms with Gasteiger partial charge in [0.25, 0.3) is 0 Å². The van der Waals surface area contributed by atoms with Gasteiger partial charge in [-0.05, 0) is 64.9 Å². The average molecular weight is 442 g/mol. The normalized spacial score (nSPS) is 23.3. The van der Waals surface area contributed by atoms with Crippen LogP contribution in [0, 0.1) is 6.57 Å². The van der Waals surface area contributed by atoms with Crippen LogP contribution in [-0.4, -0.2) is 52.2 Å². The van der Waals surface area contributed by atoms with Crippen LogP contribution in [0.1, 0.15) is 69.2 Å². The van der Waals surface area contributed by atoms with Crippen LogP contribution in [0.25, 0.3) is 15.1 Å². The lowest BCUT2D eigenvalue weighted by molar-refractivity contribution is 0.0185. The van der Waals surface area contributed by atoms with Crippen molar-refractivity contribution in [1.29, 1.82) is 0 Å². The van der Waals surface area contributed by atoms with Gasteiger partial charge < -0.3 is 19.8 Å². The van der Waals surface area contributed by atoms with Crippen LogP contribution in [0.15, 0.2) is 6.33 Å². The van der Waals surface area contributed by atoms with E-state index < -0.39 is 5.60 Å². The monoisotopic (exact) mass is 441 g/mol. The quantitative estimate of drug-likeness (QED) is 0.658. The lowest BCUT2D eigenvalue weighted by Gasteiger charge is -2.36. The molecule has 0 bridgehead atoms. The smallest absolute Gasteiger partial charge is 0.410 e. The zero-order valence-corrected chi connectivity index (χ0v) is 19.6.